The molecule has 124 valence electrons. The van der Waals surface area contributed by atoms with Gasteiger partial charge >= 0.3 is 6.61 Å². The molecule has 8 heteroatoms. The SMILES string of the molecule is Cc1ccc(-c2cc(C(=O)Nc3ccc(OC(F)F)cc3)n[nH]2)o1. The maximum Gasteiger partial charge on any atom is 0.387 e. The van der Waals surface area contributed by atoms with E-state index in [9.17, 15) is 13.6 Å². The van der Waals surface area contributed by atoms with E-state index in [1.165, 1.54) is 24.3 Å². The number of H-pyrrole nitrogens is 1. The van der Waals surface area contributed by atoms with E-state index in [1.54, 1.807) is 18.2 Å². The summed E-state index contributed by atoms with van der Waals surface area (Å²) in [5, 5.41) is 9.27. The Balaban J connectivity index is 1.68. The third-order valence-electron chi connectivity index (χ3n) is 3.15. The Morgan fingerprint density at radius 3 is 2.62 bits per heavy atom. The molecule has 0 radical (unpaired) electrons. The highest BCUT2D eigenvalue weighted by Gasteiger charge is 2.13. The molecule has 3 aromatic rings. The van der Waals surface area contributed by atoms with Gasteiger partial charge in [-0.05, 0) is 43.3 Å². The third kappa shape index (κ3) is 3.60. The van der Waals surface area contributed by atoms with Gasteiger partial charge in [0.25, 0.3) is 5.91 Å². The number of benzene rings is 1. The molecule has 0 atom stereocenters. The smallest absolute Gasteiger partial charge is 0.387 e. The summed E-state index contributed by atoms with van der Waals surface area (Å²) in [4.78, 5) is 12.2. The molecule has 0 spiro atoms. The Labute approximate surface area is 135 Å². The standard InChI is InChI=1S/C16H13F2N3O3/c1-9-2-7-14(23-9)12-8-13(21-20-12)15(22)19-10-3-5-11(6-4-10)24-16(17)18/h2-8,16H,1H3,(H,19,22)(H,20,21). The van der Waals surface area contributed by atoms with Crippen LogP contribution in [0.2, 0.25) is 0 Å². The number of ether oxygens (including phenoxy) is 1. The molecule has 0 saturated carbocycles. The van der Waals surface area contributed by atoms with Crippen molar-refractivity contribution in [1.82, 2.24) is 10.2 Å². The lowest BCUT2D eigenvalue weighted by atomic mass is 10.2. The number of carbonyl (C=O) groups excluding carboxylic acids is 1. The fourth-order valence-corrected chi connectivity index (χ4v) is 2.06. The van der Waals surface area contributed by atoms with Crippen molar-refractivity contribution in [2.24, 2.45) is 0 Å². The molecule has 0 bridgehead atoms. The maximum atomic E-state index is 12.2. The number of hydrogen-bond donors (Lipinski definition) is 2. The number of carbonyl (C=O) groups is 1. The highest BCUT2D eigenvalue weighted by Crippen LogP contribution is 2.21. The molecule has 0 fully saturated rings. The molecule has 3 rings (SSSR count). The molecular weight excluding hydrogens is 320 g/mol. The Bertz CT molecular complexity index is 840. The largest absolute Gasteiger partial charge is 0.460 e. The van der Waals surface area contributed by atoms with Crippen molar-refractivity contribution in [3.8, 4) is 17.2 Å². The predicted octanol–water partition coefficient (Wildman–Crippen LogP) is 3.83. The van der Waals surface area contributed by atoms with Crippen molar-refractivity contribution in [3.05, 3.63) is 53.9 Å². The molecule has 6 nitrogen and oxygen atoms in total. The van der Waals surface area contributed by atoms with Crippen LogP contribution in [0.4, 0.5) is 14.5 Å². The first-order chi connectivity index (χ1) is 11.5. The van der Waals surface area contributed by atoms with Crippen LogP contribution in [0.5, 0.6) is 5.75 Å². The quantitative estimate of drug-likeness (QED) is 0.743. The summed E-state index contributed by atoms with van der Waals surface area (Å²) in [5.41, 5.74) is 1.18. The Morgan fingerprint density at radius 2 is 2.00 bits per heavy atom. The number of nitrogens with zero attached hydrogens (tertiary/aromatic N) is 1. The van der Waals surface area contributed by atoms with Gasteiger partial charge in [-0.3, -0.25) is 9.89 Å². The second-order valence-electron chi connectivity index (χ2n) is 4.93. The number of furan rings is 1. The number of rotatable bonds is 5. The van der Waals surface area contributed by atoms with Gasteiger partial charge in [-0.1, -0.05) is 0 Å². The lowest BCUT2D eigenvalue weighted by Crippen LogP contribution is -2.12. The van der Waals surface area contributed by atoms with E-state index in [0.29, 0.717) is 17.1 Å². The van der Waals surface area contributed by atoms with Gasteiger partial charge in [0, 0.05) is 11.8 Å². The number of alkyl halides is 2. The van der Waals surface area contributed by atoms with E-state index in [2.05, 4.69) is 20.3 Å². The minimum absolute atomic E-state index is 0.0123. The van der Waals surface area contributed by atoms with E-state index in [-0.39, 0.29) is 11.4 Å². The van der Waals surface area contributed by atoms with Crippen molar-refractivity contribution < 1.29 is 22.7 Å². The first-order valence-corrected chi connectivity index (χ1v) is 7.00. The molecule has 1 amide bonds. The predicted molar refractivity (Wildman–Crippen MR) is 82.1 cm³/mol. The Morgan fingerprint density at radius 1 is 1.25 bits per heavy atom. The minimum Gasteiger partial charge on any atom is -0.460 e. The molecule has 1 aromatic carbocycles. The van der Waals surface area contributed by atoms with Crippen molar-refractivity contribution >= 4 is 11.6 Å². The van der Waals surface area contributed by atoms with E-state index >= 15 is 0 Å². The highest BCUT2D eigenvalue weighted by molar-refractivity contribution is 6.03. The number of halogens is 2. The summed E-state index contributed by atoms with van der Waals surface area (Å²) in [6.45, 7) is -1.08. The second kappa shape index (κ2) is 6.53. The van der Waals surface area contributed by atoms with Crippen molar-refractivity contribution in [2.45, 2.75) is 13.5 Å². The normalized spacial score (nSPS) is 10.8. The van der Waals surface area contributed by atoms with Crippen molar-refractivity contribution in [3.63, 3.8) is 0 Å². The van der Waals surface area contributed by atoms with Crippen LogP contribution in [0.15, 0.2) is 46.9 Å². The average Bonchev–Trinajstić information content (AvgIpc) is 3.17. The average molecular weight is 333 g/mol. The van der Waals surface area contributed by atoms with E-state index in [1.807, 2.05) is 6.92 Å². The van der Waals surface area contributed by atoms with Crippen LogP contribution >= 0.6 is 0 Å². The zero-order chi connectivity index (χ0) is 17.1. The molecule has 0 saturated heterocycles. The molecule has 2 N–H and O–H groups in total. The number of nitrogens with one attached hydrogen (secondary N) is 2. The molecule has 24 heavy (non-hydrogen) atoms. The van der Waals surface area contributed by atoms with Crippen LogP contribution in [0.3, 0.4) is 0 Å². The first kappa shape index (κ1) is 15.7. The topological polar surface area (TPSA) is 80.1 Å². The summed E-state index contributed by atoms with van der Waals surface area (Å²) >= 11 is 0. The molecule has 2 heterocycles. The summed E-state index contributed by atoms with van der Waals surface area (Å²) < 4.78 is 33.9. The number of aromatic nitrogens is 2. The lowest BCUT2D eigenvalue weighted by molar-refractivity contribution is -0.0498. The van der Waals surface area contributed by atoms with Crippen molar-refractivity contribution in [2.75, 3.05) is 5.32 Å². The minimum atomic E-state index is -2.89. The van der Waals surface area contributed by atoms with Crippen LogP contribution in [0, 0.1) is 6.92 Å². The number of aryl methyl sites for hydroxylation is 1. The molecule has 0 aliphatic rings. The van der Waals surface area contributed by atoms with Gasteiger partial charge in [-0.15, -0.1) is 0 Å². The summed E-state index contributed by atoms with van der Waals surface area (Å²) in [6, 6.07) is 10.7. The van der Waals surface area contributed by atoms with E-state index < -0.39 is 12.5 Å². The van der Waals surface area contributed by atoms with Crippen LogP contribution in [0.1, 0.15) is 16.2 Å². The zero-order valence-electron chi connectivity index (χ0n) is 12.5. The molecule has 0 unspecified atom stereocenters. The Hall–Kier alpha value is -3.16. The maximum absolute atomic E-state index is 12.2. The van der Waals surface area contributed by atoms with Crippen LogP contribution < -0.4 is 10.1 Å². The molecule has 2 aromatic heterocycles. The fraction of sp³-hybridized carbons (Fsp3) is 0.125. The summed E-state index contributed by atoms with van der Waals surface area (Å²) in [6.07, 6.45) is 0. The lowest BCUT2D eigenvalue weighted by Gasteiger charge is -2.06. The fourth-order valence-electron chi connectivity index (χ4n) is 2.06. The van der Waals surface area contributed by atoms with Gasteiger partial charge in [-0.2, -0.15) is 13.9 Å². The van der Waals surface area contributed by atoms with Gasteiger partial charge in [0.1, 0.15) is 17.2 Å². The second-order valence-corrected chi connectivity index (χ2v) is 4.93. The highest BCUT2D eigenvalue weighted by atomic mass is 19.3. The molecular formula is C16H13F2N3O3. The van der Waals surface area contributed by atoms with Crippen molar-refractivity contribution in [1.29, 1.82) is 0 Å². The zero-order valence-corrected chi connectivity index (χ0v) is 12.5. The Kier molecular flexibility index (Phi) is 4.28. The van der Waals surface area contributed by atoms with Gasteiger partial charge in [0.15, 0.2) is 11.5 Å². The van der Waals surface area contributed by atoms with Crippen LogP contribution in [-0.4, -0.2) is 22.7 Å². The number of amides is 1. The summed E-state index contributed by atoms with van der Waals surface area (Å²) in [5.74, 6) is 0.894. The summed E-state index contributed by atoms with van der Waals surface area (Å²) in [7, 11) is 0. The van der Waals surface area contributed by atoms with Gasteiger partial charge < -0.3 is 14.5 Å². The molecule has 0 aliphatic heterocycles. The molecule has 0 aliphatic carbocycles. The van der Waals surface area contributed by atoms with E-state index in [0.717, 1.165) is 5.76 Å². The first-order valence-electron chi connectivity index (χ1n) is 7.00. The van der Waals surface area contributed by atoms with Gasteiger partial charge in [0.2, 0.25) is 0 Å². The van der Waals surface area contributed by atoms with Crippen LogP contribution in [0.25, 0.3) is 11.5 Å². The van der Waals surface area contributed by atoms with Crippen LogP contribution in [-0.2, 0) is 0 Å². The number of hydrogen-bond acceptors (Lipinski definition) is 4. The monoisotopic (exact) mass is 333 g/mol. The third-order valence-corrected chi connectivity index (χ3v) is 3.15. The van der Waals surface area contributed by atoms with E-state index in [4.69, 9.17) is 4.42 Å². The van der Waals surface area contributed by atoms with Gasteiger partial charge in [0.05, 0.1) is 0 Å². The van der Waals surface area contributed by atoms with Gasteiger partial charge in [-0.25, -0.2) is 0 Å². The number of anilines is 1. The number of aromatic amines is 1.